The third-order valence-electron chi connectivity index (χ3n) is 4.06. The lowest BCUT2D eigenvalue weighted by atomic mass is 9.97. The highest BCUT2D eigenvalue weighted by atomic mass is 16.4. The number of nitrogens with zero attached hydrogens (tertiary/aromatic N) is 3. The van der Waals surface area contributed by atoms with Crippen LogP contribution in [0.25, 0.3) is 11.4 Å². The first-order valence-corrected chi connectivity index (χ1v) is 7.54. The van der Waals surface area contributed by atoms with Crippen LogP contribution in [0.3, 0.4) is 0 Å². The summed E-state index contributed by atoms with van der Waals surface area (Å²) in [5.74, 6) is -0.705. The number of carbonyl (C=O) groups is 2. The molecular formula is C17H17N3O3. The van der Waals surface area contributed by atoms with Crippen LogP contribution in [0.2, 0.25) is 0 Å². The molecule has 0 spiro atoms. The van der Waals surface area contributed by atoms with Crippen LogP contribution in [-0.2, 0) is 4.79 Å². The van der Waals surface area contributed by atoms with Crippen molar-refractivity contribution in [1.82, 2.24) is 14.9 Å². The minimum atomic E-state index is -0.785. The van der Waals surface area contributed by atoms with Crippen molar-refractivity contribution in [2.24, 2.45) is 5.92 Å². The fourth-order valence-corrected chi connectivity index (χ4v) is 2.69. The van der Waals surface area contributed by atoms with Crippen LogP contribution in [0.15, 0.2) is 42.7 Å². The van der Waals surface area contributed by atoms with Crippen molar-refractivity contribution in [3.63, 3.8) is 0 Å². The molecule has 1 aromatic carbocycles. The highest BCUT2D eigenvalue weighted by molar-refractivity contribution is 5.94. The molecule has 23 heavy (non-hydrogen) atoms. The molecule has 2 aromatic rings. The second-order valence-corrected chi connectivity index (χ2v) is 5.57. The Morgan fingerprint density at radius 2 is 1.65 bits per heavy atom. The standard InChI is InChI=1S/C17H17N3O3/c21-16(20-8-6-13(7-9-20)17(22)23)14-10-18-15(19-11-14)12-4-2-1-3-5-12/h1-5,10-11,13H,6-9H2,(H,22,23). The lowest BCUT2D eigenvalue weighted by Gasteiger charge is -2.30. The van der Waals surface area contributed by atoms with Crippen LogP contribution in [-0.4, -0.2) is 44.9 Å². The zero-order valence-corrected chi connectivity index (χ0v) is 12.6. The van der Waals surface area contributed by atoms with Gasteiger partial charge in [0.05, 0.1) is 11.5 Å². The van der Waals surface area contributed by atoms with E-state index < -0.39 is 5.97 Å². The second-order valence-electron chi connectivity index (χ2n) is 5.57. The molecule has 6 nitrogen and oxygen atoms in total. The van der Waals surface area contributed by atoms with E-state index in [1.165, 1.54) is 12.4 Å². The second kappa shape index (κ2) is 6.56. The fraction of sp³-hybridized carbons (Fsp3) is 0.294. The predicted octanol–water partition coefficient (Wildman–Crippen LogP) is 2.08. The van der Waals surface area contributed by atoms with Gasteiger partial charge >= 0.3 is 5.97 Å². The quantitative estimate of drug-likeness (QED) is 0.938. The summed E-state index contributed by atoms with van der Waals surface area (Å²) in [5.41, 5.74) is 1.33. The van der Waals surface area contributed by atoms with Gasteiger partial charge in [-0.05, 0) is 12.8 Å². The van der Waals surface area contributed by atoms with E-state index in [-0.39, 0.29) is 11.8 Å². The Hall–Kier alpha value is -2.76. The third-order valence-corrected chi connectivity index (χ3v) is 4.06. The van der Waals surface area contributed by atoms with E-state index >= 15 is 0 Å². The van der Waals surface area contributed by atoms with Crippen molar-refractivity contribution in [1.29, 1.82) is 0 Å². The largest absolute Gasteiger partial charge is 0.481 e. The van der Waals surface area contributed by atoms with Gasteiger partial charge < -0.3 is 10.0 Å². The van der Waals surface area contributed by atoms with E-state index in [4.69, 9.17) is 5.11 Å². The first-order chi connectivity index (χ1) is 11.1. The fourth-order valence-electron chi connectivity index (χ4n) is 2.69. The molecule has 3 rings (SSSR count). The summed E-state index contributed by atoms with van der Waals surface area (Å²) in [6.45, 7) is 0.909. The minimum absolute atomic E-state index is 0.145. The van der Waals surface area contributed by atoms with Gasteiger partial charge in [0.1, 0.15) is 0 Å². The molecule has 0 bridgehead atoms. The van der Waals surface area contributed by atoms with Crippen molar-refractivity contribution in [3.8, 4) is 11.4 Å². The van der Waals surface area contributed by atoms with E-state index in [1.54, 1.807) is 4.90 Å². The van der Waals surface area contributed by atoms with Crippen molar-refractivity contribution in [2.75, 3.05) is 13.1 Å². The molecule has 1 aliphatic rings. The molecule has 118 valence electrons. The maximum Gasteiger partial charge on any atom is 0.306 e. The minimum Gasteiger partial charge on any atom is -0.481 e. The summed E-state index contributed by atoms with van der Waals surface area (Å²) in [6.07, 6.45) is 4.04. The Balaban J connectivity index is 1.68. The molecular weight excluding hydrogens is 294 g/mol. The lowest BCUT2D eigenvalue weighted by molar-refractivity contribution is -0.143. The Morgan fingerprint density at radius 3 is 2.22 bits per heavy atom. The molecule has 1 N–H and O–H groups in total. The number of carbonyl (C=O) groups excluding carboxylic acids is 1. The molecule has 0 radical (unpaired) electrons. The molecule has 1 saturated heterocycles. The third kappa shape index (κ3) is 3.36. The summed E-state index contributed by atoms with van der Waals surface area (Å²) in [6, 6.07) is 9.55. The number of aliphatic carboxylic acids is 1. The van der Waals surface area contributed by atoms with Crippen molar-refractivity contribution in [3.05, 3.63) is 48.3 Å². The lowest BCUT2D eigenvalue weighted by Crippen LogP contribution is -2.40. The average molecular weight is 311 g/mol. The summed E-state index contributed by atoms with van der Waals surface area (Å²) in [4.78, 5) is 33.5. The first-order valence-electron chi connectivity index (χ1n) is 7.54. The average Bonchev–Trinajstić information content (AvgIpc) is 2.62. The van der Waals surface area contributed by atoms with E-state index in [0.29, 0.717) is 37.3 Å². The zero-order valence-electron chi connectivity index (χ0n) is 12.6. The van der Waals surface area contributed by atoms with Gasteiger partial charge in [-0.3, -0.25) is 9.59 Å². The molecule has 2 heterocycles. The molecule has 6 heteroatoms. The summed E-state index contributed by atoms with van der Waals surface area (Å²) < 4.78 is 0. The SMILES string of the molecule is O=C(O)C1CCN(C(=O)c2cnc(-c3ccccc3)nc2)CC1. The predicted molar refractivity (Wildman–Crippen MR) is 83.7 cm³/mol. The summed E-state index contributed by atoms with van der Waals surface area (Å²) in [5, 5.41) is 9.00. The number of carboxylic acids is 1. The summed E-state index contributed by atoms with van der Waals surface area (Å²) >= 11 is 0. The number of benzene rings is 1. The Kier molecular flexibility index (Phi) is 4.32. The zero-order chi connectivity index (χ0) is 16.2. The van der Waals surface area contributed by atoms with E-state index in [1.807, 2.05) is 30.3 Å². The highest BCUT2D eigenvalue weighted by Crippen LogP contribution is 2.19. The molecule has 0 atom stereocenters. The Bertz CT molecular complexity index is 693. The van der Waals surface area contributed by atoms with E-state index in [0.717, 1.165) is 5.56 Å². The molecule has 1 fully saturated rings. The monoisotopic (exact) mass is 311 g/mol. The first kappa shape index (κ1) is 15.1. The van der Waals surface area contributed by atoms with E-state index in [9.17, 15) is 9.59 Å². The smallest absolute Gasteiger partial charge is 0.306 e. The number of carboxylic acid groups (broad SMARTS) is 1. The molecule has 1 amide bonds. The number of likely N-dealkylation sites (tertiary alicyclic amines) is 1. The topological polar surface area (TPSA) is 83.4 Å². The molecule has 0 saturated carbocycles. The normalized spacial score (nSPS) is 15.4. The van der Waals surface area contributed by atoms with Crippen molar-refractivity contribution in [2.45, 2.75) is 12.8 Å². The van der Waals surface area contributed by atoms with Crippen LogP contribution in [0.1, 0.15) is 23.2 Å². The van der Waals surface area contributed by atoms with Gasteiger partial charge in [-0.1, -0.05) is 30.3 Å². The number of amides is 1. The summed E-state index contributed by atoms with van der Waals surface area (Å²) in [7, 11) is 0. The Morgan fingerprint density at radius 1 is 1.04 bits per heavy atom. The van der Waals surface area contributed by atoms with Gasteiger partial charge in [0, 0.05) is 31.0 Å². The van der Waals surface area contributed by atoms with Crippen LogP contribution in [0.5, 0.6) is 0 Å². The molecule has 1 aromatic heterocycles. The molecule has 0 aliphatic carbocycles. The van der Waals surface area contributed by atoms with Crippen LogP contribution >= 0.6 is 0 Å². The van der Waals surface area contributed by atoms with Gasteiger partial charge in [0.15, 0.2) is 5.82 Å². The number of aromatic nitrogens is 2. The molecule has 1 aliphatic heterocycles. The van der Waals surface area contributed by atoms with Crippen molar-refractivity contribution < 1.29 is 14.7 Å². The van der Waals surface area contributed by atoms with Gasteiger partial charge in [-0.25, -0.2) is 9.97 Å². The van der Waals surface area contributed by atoms with Gasteiger partial charge in [-0.2, -0.15) is 0 Å². The number of rotatable bonds is 3. The van der Waals surface area contributed by atoms with E-state index in [2.05, 4.69) is 9.97 Å². The number of piperidine rings is 1. The van der Waals surface area contributed by atoms with Crippen LogP contribution < -0.4 is 0 Å². The molecule has 0 unspecified atom stereocenters. The van der Waals surface area contributed by atoms with Crippen LogP contribution in [0, 0.1) is 5.92 Å². The maximum absolute atomic E-state index is 12.4. The van der Waals surface area contributed by atoms with Gasteiger partial charge in [0.25, 0.3) is 5.91 Å². The number of hydrogen-bond donors (Lipinski definition) is 1. The van der Waals surface area contributed by atoms with Gasteiger partial charge in [-0.15, -0.1) is 0 Å². The highest BCUT2D eigenvalue weighted by Gasteiger charge is 2.27. The van der Waals surface area contributed by atoms with Crippen LogP contribution in [0.4, 0.5) is 0 Å². The Labute approximate surface area is 133 Å². The number of hydrogen-bond acceptors (Lipinski definition) is 4. The van der Waals surface area contributed by atoms with Crippen molar-refractivity contribution >= 4 is 11.9 Å². The maximum atomic E-state index is 12.4. The van der Waals surface area contributed by atoms with Gasteiger partial charge in [0.2, 0.25) is 0 Å².